The van der Waals surface area contributed by atoms with Gasteiger partial charge in [0.25, 0.3) is 0 Å². The molecule has 1 aromatic carbocycles. The van der Waals surface area contributed by atoms with E-state index in [0.29, 0.717) is 26.7 Å². The van der Waals surface area contributed by atoms with E-state index < -0.39 is 0 Å². The number of nitrogens with one attached hydrogen (secondary N) is 1. The molecule has 22 heavy (non-hydrogen) atoms. The number of amides is 1. The maximum atomic E-state index is 11.9. The van der Waals surface area contributed by atoms with Crippen molar-refractivity contribution in [3.8, 4) is 0 Å². The molecule has 0 spiro atoms. The van der Waals surface area contributed by atoms with Crippen LogP contribution in [0, 0.1) is 0 Å². The molecule has 6 nitrogen and oxygen atoms in total. The third kappa shape index (κ3) is 4.06. The summed E-state index contributed by atoms with van der Waals surface area (Å²) in [4.78, 5) is 11.9. The summed E-state index contributed by atoms with van der Waals surface area (Å²) in [6.45, 7) is 3.94. The zero-order chi connectivity index (χ0) is 16.3. The molecule has 0 aliphatic heterocycles. The van der Waals surface area contributed by atoms with Crippen LogP contribution in [0.1, 0.15) is 25.6 Å². The van der Waals surface area contributed by atoms with Crippen LogP contribution in [0.4, 0.5) is 5.69 Å². The van der Waals surface area contributed by atoms with Crippen LogP contribution in [0.3, 0.4) is 0 Å². The monoisotopic (exact) mass is 359 g/mol. The third-order valence-corrected chi connectivity index (χ3v) is 4.43. The molecule has 0 saturated carbocycles. The number of nitrogens with two attached hydrogens (primary N) is 1. The SMILES string of the molecule is CC(C)c1nnc(SCC(=O)Nc2ccc(Cl)c(Cl)c2)n1N. The largest absolute Gasteiger partial charge is 0.336 e. The van der Waals surface area contributed by atoms with Gasteiger partial charge in [-0.3, -0.25) is 4.79 Å². The molecule has 1 amide bonds. The molecule has 0 unspecified atom stereocenters. The molecule has 1 heterocycles. The molecule has 0 aliphatic carbocycles. The molecule has 3 N–H and O–H groups in total. The number of halogens is 2. The standard InChI is InChI=1S/C13H15Cl2N5OS/c1-7(2)12-18-19-13(20(12)16)22-6-11(21)17-8-3-4-9(14)10(15)5-8/h3-5,7H,6,16H2,1-2H3,(H,17,21). The number of hydrogen-bond donors (Lipinski definition) is 2. The van der Waals surface area contributed by atoms with E-state index in [9.17, 15) is 4.79 Å². The maximum absolute atomic E-state index is 11.9. The first-order valence-corrected chi connectivity index (χ1v) is 8.20. The van der Waals surface area contributed by atoms with Crippen molar-refractivity contribution in [1.29, 1.82) is 0 Å². The van der Waals surface area contributed by atoms with Gasteiger partial charge in [-0.1, -0.05) is 48.8 Å². The third-order valence-electron chi connectivity index (χ3n) is 2.74. The Labute approximate surface area is 142 Å². The zero-order valence-corrected chi connectivity index (χ0v) is 14.3. The van der Waals surface area contributed by atoms with Gasteiger partial charge in [0.1, 0.15) is 0 Å². The lowest BCUT2D eigenvalue weighted by Crippen LogP contribution is -2.17. The molecule has 0 radical (unpaired) electrons. The fraction of sp³-hybridized carbons (Fsp3) is 0.308. The molecule has 0 atom stereocenters. The second-order valence-corrected chi connectivity index (χ2v) is 6.59. The van der Waals surface area contributed by atoms with Crippen molar-refractivity contribution in [3.63, 3.8) is 0 Å². The average Bonchev–Trinajstić information content (AvgIpc) is 2.82. The molecule has 0 bridgehead atoms. The van der Waals surface area contributed by atoms with Crippen LogP contribution in [0.2, 0.25) is 10.0 Å². The van der Waals surface area contributed by atoms with Crippen molar-refractivity contribution in [2.75, 3.05) is 16.9 Å². The lowest BCUT2D eigenvalue weighted by Gasteiger charge is -2.07. The van der Waals surface area contributed by atoms with Crippen LogP contribution >= 0.6 is 35.0 Å². The first-order valence-electron chi connectivity index (χ1n) is 6.46. The number of carbonyl (C=O) groups is 1. The Morgan fingerprint density at radius 2 is 2.09 bits per heavy atom. The highest BCUT2D eigenvalue weighted by Crippen LogP contribution is 2.25. The van der Waals surface area contributed by atoms with Crippen molar-refractivity contribution in [3.05, 3.63) is 34.1 Å². The summed E-state index contributed by atoms with van der Waals surface area (Å²) in [6.07, 6.45) is 0. The maximum Gasteiger partial charge on any atom is 0.234 e. The number of aromatic nitrogens is 3. The molecule has 1 aromatic heterocycles. The number of thioether (sulfide) groups is 1. The number of benzene rings is 1. The lowest BCUT2D eigenvalue weighted by molar-refractivity contribution is -0.113. The Morgan fingerprint density at radius 3 is 2.68 bits per heavy atom. The molecule has 0 fully saturated rings. The van der Waals surface area contributed by atoms with E-state index in [1.165, 1.54) is 16.4 Å². The van der Waals surface area contributed by atoms with E-state index in [1.807, 2.05) is 13.8 Å². The molecule has 118 valence electrons. The molecule has 0 saturated heterocycles. The van der Waals surface area contributed by atoms with Gasteiger partial charge in [-0.25, -0.2) is 4.68 Å². The molecular formula is C13H15Cl2N5OS. The van der Waals surface area contributed by atoms with Crippen molar-refractivity contribution in [2.24, 2.45) is 0 Å². The molecule has 0 aliphatic rings. The fourth-order valence-electron chi connectivity index (χ4n) is 1.68. The van der Waals surface area contributed by atoms with Crippen LogP contribution in [0.5, 0.6) is 0 Å². The van der Waals surface area contributed by atoms with Gasteiger partial charge in [0.05, 0.1) is 15.8 Å². The average molecular weight is 360 g/mol. The highest BCUT2D eigenvalue weighted by atomic mass is 35.5. The van der Waals surface area contributed by atoms with Crippen molar-refractivity contribution in [2.45, 2.75) is 24.9 Å². The number of anilines is 1. The summed E-state index contributed by atoms with van der Waals surface area (Å²) in [5, 5.41) is 12.0. The van der Waals surface area contributed by atoms with Gasteiger partial charge in [0.15, 0.2) is 5.82 Å². The van der Waals surface area contributed by atoms with Crippen LogP contribution in [-0.4, -0.2) is 26.5 Å². The minimum absolute atomic E-state index is 0.160. The van der Waals surface area contributed by atoms with Crippen LogP contribution < -0.4 is 11.2 Å². The Hall–Kier alpha value is -1.44. The molecule has 2 rings (SSSR count). The quantitative estimate of drug-likeness (QED) is 0.632. The summed E-state index contributed by atoms with van der Waals surface area (Å²) >= 11 is 12.9. The fourth-order valence-corrected chi connectivity index (χ4v) is 2.64. The predicted molar refractivity (Wildman–Crippen MR) is 90.1 cm³/mol. The summed E-state index contributed by atoms with van der Waals surface area (Å²) in [6, 6.07) is 4.89. The van der Waals surface area contributed by atoms with Gasteiger partial charge in [-0.05, 0) is 18.2 Å². The van der Waals surface area contributed by atoms with E-state index in [4.69, 9.17) is 29.0 Å². The summed E-state index contributed by atoms with van der Waals surface area (Å²) in [7, 11) is 0. The molecule has 9 heteroatoms. The number of nitrogen functional groups attached to an aromatic ring is 1. The van der Waals surface area contributed by atoms with E-state index in [-0.39, 0.29) is 17.6 Å². The first kappa shape index (κ1) is 16.9. The Bertz CT molecular complexity index is 689. The zero-order valence-electron chi connectivity index (χ0n) is 12.0. The summed E-state index contributed by atoms with van der Waals surface area (Å²) in [5.74, 6) is 6.69. The second-order valence-electron chi connectivity index (χ2n) is 4.83. The smallest absolute Gasteiger partial charge is 0.234 e. The molecule has 2 aromatic rings. The highest BCUT2D eigenvalue weighted by molar-refractivity contribution is 7.99. The van der Waals surface area contributed by atoms with Gasteiger partial charge in [-0.2, -0.15) is 0 Å². The minimum Gasteiger partial charge on any atom is -0.336 e. The van der Waals surface area contributed by atoms with Crippen molar-refractivity contribution >= 4 is 46.6 Å². The van der Waals surface area contributed by atoms with Crippen LogP contribution in [0.25, 0.3) is 0 Å². The summed E-state index contributed by atoms with van der Waals surface area (Å²) < 4.78 is 1.40. The van der Waals surface area contributed by atoms with E-state index in [2.05, 4.69) is 15.5 Å². The van der Waals surface area contributed by atoms with E-state index in [0.717, 1.165) is 0 Å². The van der Waals surface area contributed by atoms with Gasteiger partial charge in [0, 0.05) is 11.6 Å². The van der Waals surface area contributed by atoms with Gasteiger partial charge in [-0.15, -0.1) is 10.2 Å². The van der Waals surface area contributed by atoms with Crippen molar-refractivity contribution in [1.82, 2.24) is 14.9 Å². The number of nitrogens with zero attached hydrogens (tertiary/aromatic N) is 3. The lowest BCUT2D eigenvalue weighted by atomic mass is 10.2. The van der Waals surface area contributed by atoms with E-state index in [1.54, 1.807) is 18.2 Å². The van der Waals surface area contributed by atoms with Gasteiger partial charge < -0.3 is 11.2 Å². The van der Waals surface area contributed by atoms with Crippen LogP contribution in [0.15, 0.2) is 23.4 Å². The van der Waals surface area contributed by atoms with Gasteiger partial charge in [0.2, 0.25) is 11.1 Å². The molecular weight excluding hydrogens is 345 g/mol. The van der Waals surface area contributed by atoms with Gasteiger partial charge >= 0.3 is 0 Å². The van der Waals surface area contributed by atoms with E-state index >= 15 is 0 Å². The highest BCUT2D eigenvalue weighted by Gasteiger charge is 2.14. The second kappa shape index (κ2) is 7.21. The number of carbonyl (C=O) groups excluding carboxylic acids is 1. The Balaban J connectivity index is 1.94. The van der Waals surface area contributed by atoms with Crippen molar-refractivity contribution < 1.29 is 4.79 Å². The Morgan fingerprint density at radius 1 is 1.36 bits per heavy atom. The van der Waals surface area contributed by atoms with Crippen LogP contribution in [-0.2, 0) is 4.79 Å². The predicted octanol–water partition coefficient (Wildman–Crippen LogP) is 3.15. The normalized spacial score (nSPS) is 11.0. The summed E-state index contributed by atoms with van der Waals surface area (Å²) in [5.41, 5.74) is 0.581. The number of hydrogen-bond acceptors (Lipinski definition) is 5. The minimum atomic E-state index is -0.197. The number of rotatable bonds is 5. The topological polar surface area (TPSA) is 85.8 Å². The Kier molecular flexibility index (Phi) is 5.55. The first-order chi connectivity index (χ1) is 10.4.